The number of halogens is 4. The Labute approximate surface area is 163 Å². The van der Waals surface area contributed by atoms with Crippen LogP contribution in [0.2, 0.25) is 0 Å². The van der Waals surface area contributed by atoms with E-state index in [4.69, 9.17) is 0 Å². The normalized spacial score (nSPS) is 15.8. The van der Waals surface area contributed by atoms with E-state index in [9.17, 15) is 27.5 Å². The van der Waals surface area contributed by atoms with Crippen LogP contribution in [0.25, 0.3) is 10.6 Å². The minimum atomic E-state index is -4.72. The number of amides is 1. The molecule has 2 aromatic heterocycles. The first kappa shape index (κ1) is 20.8. The number of aromatic nitrogens is 2. The first-order valence-electron chi connectivity index (χ1n) is 9.08. The molecule has 0 unspecified atom stereocenters. The van der Waals surface area contributed by atoms with Gasteiger partial charge in [-0.25, -0.2) is 9.07 Å². The lowest BCUT2D eigenvalue weighted by atomic mass is 9.94. The molecule has 0 radical (unpaired) electrons. The number of hydrogen-bond acceptors (Lipinski definition) is 4. The molecule has 2 aromatic rings. The highest BCUT2D eigenvalue weighted by Gasteiger charge is 2.36. The molecule has 1 fully saturated rings. The average molecular weight is 419 g/mol. The minimum absolute atomic E-state index is 0.0274. The molecule has 1 aliphatic carbocycles. The van der Waals surface area contributed by atoms with Crippen LogP contribution in [0.4, 0.5) is 17.6 Å². The standard InChI is InChI=1S/C18H21F4N3O2S/c19-11-25-16(18(20,21)22)10-13(23-25)14-6-7-15(28-14)17(27)24(8-9-26)12-4-2-1-3-5-12/h6-7,10,12,26H,1-5,8-9,11H2. The second kappa shape index (κ2) is 8.60. The molecule has 3 rings (SSSR count). The van der Waals surface area contributed by atoms with Gasteiger partial charge in [-0.3, -0.25) is 4.79 Å². The first-order chi connectivity index (χ1) is 13.3. The molecule has 1 aliphatic rings. The Morgan fingerprint density at radius 3 is 2.57 bits per heavy atom. The second-order valence-corrected chi connectivity index (χ2v) is 7.79. The Balaban J connectivity index is 1.84. The van der Waals surface area contributed by atoms with Gasteiger partial charge in [-0.2, -0.15) is 18.3 Å². The summed E-state index contributed by atoms with van der Waals surface area (Å²) in [6, 6.07) is 3.89. The van der Waals surface area contributed by atoms with Crippen LogP contribution in [0.3, 0.4) is 0 Å². The van der Waals surface area contributed by atoms with Crippen molar-refractivity contribution < 1.29 is 27.5 Å². The maximum absolute atomic E-state index is 13.0. The SMILES string of the molecule is O=C(c1ccc(-c2cc(C(F)(F)F)n(CF)n2)s1)N(CCO)C1CCCCC1. The molecule has 0 bridgehead atoms. The molecule has 1 saturated carbocycles. The molecule has 0 saturated heterocycles. The summed E-state index contributed by atoms with van der Waals surface area (Å²) >= 11 is 1.02. The number of nitrogens with zero attached hydrogens (tertiary/aromatic N) is 3. The Bertz CT molecular complexity index is 812. The largest absolute Gasteiger partial charge is 0.433 e. The van der Waals surface area contributed by atoms with Crippen molar-refractivity contribution in [2.75, 3.05) is 13.2 Å². The van der Waals surface area contributed by atoms with Crippen LogP contribution < -0.4 is 0 Å². The van der Waals surface area contributed by atoms with Crippen LogP contribution in [-0.4, -0.2) is 44.9 Å². The quantitative estimate of drug-likeness (QED) is 0.710. The molecule has 0 aliphatic heterocycles. The lowest BCUT2D eigenvalue weighted by Gasteiger charge is -2.33. The molecular weight excluding hydrogens is 398 g/mol. The van der Waals surface area contributed by atoms with Crippen molar-refractivity contribution in [1.82, 2.24) is 14.7 Å². The van der Waals surface area contributed by atoms with Crippen LogP contribution in [-0.2, 0) is 13.0 Å². The van der Waals surface area contributed by atoms with E-state index in [1.54, 1.807) is 4.90 Å². The predicted molar refractivity (Wildman–Crippen MR) is 96.6 cm³/mol. The van der Waals surface area contributed by atoms with Crippen LogP contribution in [0.5, 0.6) is 0 Å². The third-order valence-corrected chi connectivity index (χ3v) is 5.97. The van der Waals surface area contributed by atoms with E-state index in [1.807, 2.05) is 0 Å². The van der Waals surface area contributed by atoms with Gasteiger partial charge in [-0.05, 0) is 31.0 Å². The van der Waals surface area contributed by atoms with Gasteiger partial charge in [0.25, 0.3) is 5.91 Å². The number of thiophene rings is 1. The number of hydrogen-bond donors (Lipinski definition) is 1. The Morgan fingerprint density at radius 2 is 2.00 bits per heavy atom. The number of carbonyl (C=O) groups excluding carboxylic acids is 1. The third kappa shape index (κ3) is 4.38. The van der Waals surface area contributed by atoms with Gasteiger partial charge in [-0.1, -0.05) is 19.3 Å². The fourth-order valence-electron chi connectivity index (χ4n) is 3.54. The molecule has 0 atom stereocenters. The molecule has 0 spiro atoms. The summed E-state index contributed by atoms with van der Waals surface area (Å²) in [5.74, 6) is -0.252. The lowest BCUT2D eigenvalue weighted by molar-refractivity contribution is -0.145. The zero-order valence-corrected chi connectivity index (χ0v) is 15.9. The second-order valence-electron chi connectivity index (χ2n) is 6.71. The number of aliphatic hydroxyl groups excluding tert-OH is 1. The minimum Gasteiger partial charge on any atom is -0.395 e. The van der Waals surface area contributed by atoms with Gasteiger partial charge >= 0.3 is 6.18 Å². The zero-order chi connectivity index (χ0) is 20.3. The summed E-state index contributed by atoms with van der Waals surface area (Å²) in [6.07, 6.45) is 0.207. The van der Waals surface area contributed by atoms with Crippen LogP contribution >= 0.6 is 11.3 Å². The number of alkyl halides is 4. The van der Waals surface area contributed by atoms with E-state index in [0.29, 0.717) is 9.75 Å². The van der Waals surface area contributed by atoms with Crippen molar-refractivity contribution in [3.63, 3.8) is 0 Å². The van der Waals surface area contributed by atoms with E-state index in [2.05, 4.69) is 5.10 Å². The molecule has 10 heteroatoms. The maximum Gasteiger partial charge on any atom is 0.433 e. The highest BCUT2D eigenvalue weighted by molar-refractivity contribution is 7.17. The summed E-state index contributed by atoms with van der Waals surface area (Å²) in [5.41, 5.74) is -1.20. The van der Waals surface area contributed by atoms with Crippen LogP contribution in [0.1, 0.15) is 47.5 Å². The number of carbonyl (C=O) groups is 1. The summed E-state index contributed by atoms with van der Waals surface area (Å²) in [6.45, 7) is -1.33. The molecule has 154 valence electrons. The molecule has 1 amide bonds. The highest BCUT2D eigenvalue weighted by Crippen LogP contribution is 2.35. The van der Waals surface area contributed by atoms with Crippen molar-refractivity contribution in [1.29, 1.82) is 0 Å². The lowest BCUT2D eigenvalue weighted by Crippen LogP contribution is -2.42. The fourth-order valence-corrected chi connectivity index (χ4v) is 4.46. The molecular formula is C18H21F4N3O2S. The molecule has 5 nitrogen and oxygen atoms in total. The Kier molecular flexibility index (Phi) is 6.39. The zero-order valence-electron chi connectivity index (χ0n) is 15.1. The number of aliphatic hydroxyl groups is 1. The van der Waals surface area contributed by atoms with Gasteiger partial charge in [0, 0.05) is 12.6 Å². The van der Waals surface area contributed by atoms with Gasteiger partial charge in [0.05, 0.1) is 16.4 Å². The Hall–Kier alpha value is -1.94. The maximum atomic E-state index is 13.0. The molecule has 1 N–H and O–H groups in total. The van der Waals surface area contributed by atoms with E-state index in [-0.39, 0.29) is 35.5 Å². The molecule has 0 aromatic carbocycles. The van der Waals surface area contributed by atoms with Crippen molar-refractivity contribution in [2.45, 2.75) is 51.1 Å². The van der Waals surface area contributed by atoms with Gasteiger partial charge in [0.1, 0.15) is 11.4 Å². The van der Waals surface area contributed by atoms with Crippen molar-refractivity contribution in [3.05, 3.63) is 28.8 Å². The first-order valence-corrected chi connectivity index (χ1v) is 9.90. The highest BCUT2D eigenvalue weighted by atomic mass is 32.1. The topological polar surface area (TPSA) is 58.4 Å². The summed E-state index contributed by atoms with van der Waals surface area (Å²) < 4.78 is 52.1. The van der Waals surface area contributed by atoms with Gasteiger partial charge in [0.15, 0.2) is 6.80 Å². The van der Waals surface area contributed by atoms with Crippen LogP contribution in [0.15, 0.2) is 18.2 Å². The third-order valence-electron chi connectivity index (χ3n) is 4.87. The molecule has 28 heavy (non-hydrogen) atoms. The summed E-state index contributed by atoms with van der Waals surface area (Å²) in [5, 5.41) is 13.0. The smallest absolute Gasteiger partial charge is 0.395 e. The predicted octanol–water partition coefficient (Wildman–Crippen LogP) is 4.32. The van der Waals surface area contributed by atoms with E-state index >= 15 is 0 Å². The van der Waals surface area contributed by atoms with Crippen molar-refractivity contribution in [2.24, 2.45) is 0 Å². The summed E-state index contributed by atoms with van der Waals surface area (Å²) in [4.78, 5) is 15.3. The monoisotopic (exact) mass is 419 g/mol. The fraction of sp³-hybridized carbons (Fsp3) is 0.556. The Morgan fingerprint density at radius 1 is 1.29 bits per heavy atom. The number of rotatable bonds is 6. The van der Waals surface area contributed by atoms with E-state index < -0.39 is 18.7 Å². The van der Waals surface area contributed by atoms with Crippen molar-refractivity contribution >= 4 is 17.2 Å². The van der Waals surface area contributed by atoms with Crippen LogP contribution in [0, 0.1) is 0 Å². The molecule has 2 heterocycles. The summed E-state index contributed by atoms with van der Waals surface area (Å²) in [7, 11) is 0. The van der Waals surface area contributed by atoms with Gasteiger partial charge in [-0.15, -0.1) is 11.3 Å². The van der Waals surface area contributed by atoms with Gasteiger partial charge < -0.3 is 10.0 Å². The van der Waals surface area contributed by atoms with Crippen molar-refractivity contribution in [3.8, 4) is 10.6 Å². The van der Waals surface area contributed by atoms with E-state index in [0.717, 1.165) is 49.5 Å². The van der Waals surface area contributed by atoms with Gasteiger partial charge in [0.2, 0.25) is 0 Å². The average Bonchev–Trinajstić information content (AvgIpc) is 3.32. The van der Waals surface area contributed by atoms with E-state index in [1.165, 1.54) is 12.1 Å².